The second-order valence-electron chi connectivity index (χ2n) is 8.84. The summed E-state index contributed by atoms with van der Waals surface area (Å²) >= 11 is 3.34. The third-order valence-corrected chi connectivity index (χ3v) is 7.14. The van der Waals surface area contributed by atoms with Gasteiger partial charge in [0.1, 0.15) is 11.4 Å². The molecule has 0 bridgehead atoms. The van der Waals surface area contributed by atoms with Gasteiger partial charge in [-0.3, -0.25) is 9.59 Å². The zero-order valence-corrected chi connectivity index (χ0v) is 20.7. The molecule has 3 aromatic rings. The number of rotatable bonds is 3. The van der Waals surface area contributed by atoms with Crippen LogP contribution in [0, 0.1) is 0 Å². The van der Waals surface area contributed by atoms with Gasteiger partial charge in [0.2, 0.25) is 0 Å². The number of hydrogen-bond donors (Lipinski definition) is 1. The van der Waals surface area contributed by atoms with E-state index in [9.17, 15) is 22.8 Å². The summed E-state index contributed by atoms with van der Waals surface area (Å²) in [6.07, 6.45) is -3.57. The standard InChI is InChI=1S/C25H23BrF3N5O2/c26-18-8-6-16(7-9-18)20-14-21(25(27,28)29)34-22(31-20)19(15-30-34)24(36)33-12-10-32(11-13-33)23(35)17-4-2-1-3-5-17/h1-9,15,20-21,31H,10-14H2/t20-,21-/m1/s1. The Bertz CT molecular complexity index is 1250. The lowest BCUT2D eigenvalue weighted by Crippen LogP contribution is -2.50. The smallest absolute Gasteiger partial charge is 0.363 e. The second-order valence-corrected chi connectivity index (χ2v) is 9.76. The van der Waals surface area contributed by atoms with E-state index in [1.54, 1.807) is 58.3 Å². The van der Waals surface area contributed by atoms with E-state index in [1.807, 2.05) is 6.07 Å². The van der Waals surface area contributed by atoms with E-state index in [0.717, 1.165) is 9.15 Å². The first-order valence-electron chi connectivity index (χ1n) is 11.5. The average molecular weight is 562 g/mol. The lowest BCUT2D eigenvalue weighted by molar-refractivity contribution is -0.173. The average Bonchev–Trinajstić information content (AvgIpc) is 3.31. The number of amides is 2. The van der Waals surface area contributed by atoms with Gasteiger partial charge in [-0.1, -0.05) is 46.3 Å². The molecule has 11 heteroatoms. The summed E-state index contributed by atoms with van der Waals surface area (Å²) in [6.45, 7) is 1.23. The van der Waals surface area contributed by atoms with Crippen molar-refractivity contribution in [2.24, 2.45) is 0 Å². The van der Waals surface area contributed by atoms with Crippen LogP contribution in [0.25, 0.3) is 0 Å². The van der Waals surface area contributed by atoms with Crippen molar-refractivity contribution in [3.05, 3.63) is 82.0 Å². The van der Waals surface area contributed by atoms with Crippen LogP contribution in [0.5, 0.6) is 0 Å². The summed E-state index contributed by atoms with van der Waals surface area (Å²) in [7, 11) is 0. The number of alkyl halides is 3. The number of fused-ring (bicyclic) bond motifs is 1. The van der Waals surface area contributed by atoms with E-state index in [1.165, 1.54) is 6.20 Å². The van der Waals surface area contributed by atoms with Crippen molar-refractivity contribution >= 4 is 33.6 Å². The highest BCUT2D eigenvalue weighted by molar-refractivity contribution is 9.10. The van der Waals surface area contributed by atoms with E-state index in [4.69, 9.17) is 0 Å². The molecule has 1 aromatic heterocycles. The molecule has 1 fully saturated rings. The van der Waals surface area contributed by atoms with Crippen LogP contribution in [0.3, 0.4) is 0 Å². The molecule has 0 saturated carbocycles. The minimum Gasteiger partial charge on any atom is -0.363 e. The molecule has 0 spiro atoms. The zero-order valence-electron chi connectivity index (χ0n) is 19.1. The molecule has 3 heterocycles. The Morgan fingerprint density at radius 3 is 2.14 bits per heavy atom. The molecule has 1 saturated heterocycles. The molecular formula is C25H23BrF3N5O2. The molecule has 0 unspecified atom stereocenters. The van der Waals surface area contributed by atoms with Crippen LogP contribution < -0.4 is 5.32 Å². The first-order chi connectivity index (χ1) is 17.2. The van der Waals surface area contributed by atoms with Crippen LogP contribution in [-0.4, -0.2) is 63.7 Å². The minimum absolute atomic E-state index is 0.0595. The fourth-order valence-electron chi connectivity index (χ4n) is 4.68. The Labute approximate surface area is 214 Å². The SMILES string of the molecule is O=C(c1ccccc1)N1CCN(C(=O)c2cnn3c2N[C@@H](c2ccc(Br)cc2)C[C@@H]3C(F)(F)F)CC1. The number of nitrogens with one attached hydrogen (secondary N) is 1. The maximum absolute atomic E-state index is 14.0. The number of benzene rings is 2. The summed E-state index contributed by atoms with van der Waals surface area (Å²) in [5, 5.41) is 7.09. The number of halogens is 4. The first-order valence-corrected chi connectivity index (χ1v) is 12.3. The lowest BCUT2D eigenvalue weighted by Gasteiger charge is -2.36. The summed E-state index contributed by atoms with van der Waals surface area (Å²) in [4.78, 5) is 29.3. The number of anilines is 1. The van der Waals surface area contributed by atoms with Crippen molar-refractivity contribution in [2.75, 3.05) is 31.5 Å². The monoisotopic (exact) mass is 561 g/mol. The maximum Gasteiger partial charge on any atom is 0.410 e. The van der Waals surface area contributed by atoms with E-state index >= 15 is 0 Å². The summed E-state index contributed by atoms with van der Waals surface area (Å²) in [5.41, 5.74) is 1.35. The Morgan fingerprint density at radius 2 is 1.53 bits per heavy atom. The fourth-order valence-corrected chi connectivity index (χ4v) is 4.94. The largest absolute Gasteiger partial charge is 0.410 e. The number of piperazine rings is 1. The molecule has 2 atom stereocenters. The van der Waals surface area contributed by atoms with Crippen molar-refractivity contribution in [3.63, 3.8) is 0 Å². The fraction of sp³-hybridized carbons (Fsp3) is 0.320. The summed E-state index contributed by atoms with van der Waals surface area (Å²) in [5.74, 6) is -0.463. The highest BCUT2D eigenvalue weighted by atomic mass is 79.9. The molecule has 36 heavy (non-hydrogen) atoms. The molecule has 0 radical (unpaired) electrons. The van der Waals surface area contributed by atoms with Gasteiger partial charge in [-0.25, -0.2) is 4.68 Å². The molecule has 2 aliphatic heterocycles. The maximum atomic E-state index is 14.0. The Hall–Kier alpha value is -3.34. The van der Waals surface area contributed by atoms with Crippen LogP contribution in [0.4, 0.5) is 19.0 Å². The van der Waals surface area contributed by atoms with Crippen molar-refractivity contribution in [1.82, 2.24) is 19.6 Å². The van der Waals surface area contributed by atoms with Crippen molar-refractivity contribution in [1.29, 1.82) is 0 Å². The predicted octanol–water partition coefficient (Wildman–Crippen LogP) is 4.90. The van der Waals surface area contributed by atoms with Gasteiger partial charge in [0.15, 0.2) is 6.04 Å². The van der Waals surface area contributed by atoms with Gasteiger partial charge >= 0.3 is 6.18 Å². The van der Waals surface area contributed by atoms with Crippen molar-refractivity contribution < 1.29 is 22.8 Å². The highest BCUT2D eigenvalue weighted by Crippen LogP contribution is 2.44. The third kappa shape index (κ3) is 4.71. The third-order valence-electron chi connectivity index (χ3n) is 6.62. The first kappa shape index (κ1) is 24.4. The Kier molecular flexibility index (Phi) is 6.50. The number of hydrogen-bond acceptors (Lipinski definition) is 4. The molecule has 188 valence electrons. The molecule has 2 aromatic carbocycles. The van der Waals surface area contributed by atoms with Gasteiger partial charge < -0.3 is 15.1 Å². The molecule has 2 amide bonds. The van der Waals surface area contributed by atoms with E-state index < -0.39 is 24.2 Å². The van der Waals surface area contributed by atoms with Gasteiger partial charge in [-0.05, 0) is 29.8 Å². The molecule has 5 rings (SSSR count). The second kappa shape index (κ2) is 9.61. The number of aromatic nitrogens is 2. The predicted molar refractivity (Wildman–Crippen MR) is 131 cm³/mol. The summed E-state index contributed by atoms with van der Waals surface area (Å²) in [6, 6.07) is 13.5. The zero-order chi connectivity index (χ0) is 25.4. The van der Waals surface area contributed by atoms with Gasteiger partial charge in [-0.2, -0.15) is 18.3 Å². The Morgan fingerprint density at radius 1 is 0.917 bits per heavy atom. The van der Waals surface area contributed by atoms with Crippen LogP contribution >= 0.6 is 15.9 Å². The van der Waals surface area contributed by atoms with Crippen LogP contribution in [0.2, 0.25) is 0 Å². The van der Waals surface area contributed by atoms with E-state index in [-0.39, 0.29) is 36.8 Å². The lowest BCUT2D eigenvalue weighted by atomic mass is 9.96. The van der Waals surface area contributed by atoms with E-state index in [2.05, 4.69) is 26.3 Å². The van der Waals surface area contributed by atoms with Crippen LogP contribution in [0.1, 0.15) is 44.8 Å². The van der Waals surface area contributed by atoms with Gasteiger partial charge in [0, 0.05) is 42.6 Å². The number of carbonyl (C=O) groups excluding carboxylic acids is 2. The van der Waals surface area contributed by atoms with Gasteiger partial charge in [0.25, 0.3) is 11.8 Å². The van der Waals surface area contributed by atoms with E-state index in [0.29, 0.717) is 24.2 Å². The number of nitrogens with zero attached hydrogens (tertiary/aromatic N) is 4. The molecule has 7 nitrogen and oxygen atoms in total. The van der Waals surface area contributed by atoms with Gasteiger partial charge in [0.05, 0.1) is 12.2 Å². The van der Waals surface area contributed by atoms with Gasteiger partial charge in [-0.15, -0.1) is 0 Å². The topological polar surface area (TPSA) is 70.5 Å². The summed E-state index contributed by atoms with van der Waals surface area (Å²) < 4.78 is 43.6. The van der Waals surface area contributed by atoms with Crippen LogP contribution in [-0.2, 0) is 0 Å². The van der Waals surface area contributed by atoms with Crippen LogP contribution in [0.15, 0.2) is 65.3 Å². The molecule has 2 aliphatic rings. The normalized spacial score (nSPS) is 20.0. The Balaban J connectivity index is 1.35. The molecular weight excluding hydrogens is 539 g/mol. The molecule has 0 aliphatic carbocycles. The quantitative estimate of drug-likeness (QED) is 0.493. The number of carbonyl (C=O) groups is 2. The minimum atomic E-state index is -4.53. The van der Waals surface area contributed by atoms with Crippen molar-refractivity contribution in [3.8, 4) is 0 Å². The van der Waals surface area contributed by atoms with Crippen molar-refractivity contribution in [2.45, 2.75) is 24.7 Å². The highest BCUT2D eigenvalue weighted by Gasteiger charge is 2.47. The molecule has 1 N–H and O–H groups in total.